The van der Waals surface area contributed by atoms with Crippen LogP contribution in [0.25, 0.3) is 0 Å². The Kier molecular flexibility index (Phi) is 7.85. The number of ether oxygens (including phenoxy) is 1. The third-order valence-electron chi connectivity index (χ3n) is 8.91. The van der Waals surface area contributed by atoms with Crippen molar-refractivity contribution in [3.05, 3.63) is 24.3 Å². The maximum absolute atomic E-state index is 13.9. The minimum absolute atomic E-state index is 0.0110. The largest absolute Gasteiger partial charge is 0.396 e. The Morgan fingerprint density at radius 2 is 1.81 bits per heavy atom. The second-order valence-corrected chi connectivity index (χ2v) is 10.8. The summed E-state index contributed by atoms with van der Waals surface area (Å²) in [5.41, 5.74) is -0.128. The fourth-order valence-electron chi connectivity index (χ4n) is 6.96. The minimum Gasteiger partial charge on any atom is -0.396 e. The Morgan fingerprint density at radius 1 is 1.14 bits per heavy atom. The van der Waals surface area contributed by atoms with Crippen LogP contribution < -0.4 is 15.5 Å². The number of nitrogens with one attached hydrogen (secondary N) is 2. The zero-order valence-corrected chi connectivity index (χ0v) is 22.8. The van der Waals surface area contributed by atoms with E-state index in [4.69, 9.17) is 4.74 Å². The number of benzene rings is 1. The summed E-state index contributed by atoms with van der Waals surface area (Å²) in [5, 5.41) is 15.0. The molecule has 9 heteroatoms. The number of anilines is 2. The lowest BCUT2D eigenvalue weighted by molar-refractivity contribution is -0.146. The molecule has 204 valence electrons. The summed E-state index contributed by atoms with van der Waals surface area (Å²) >= 11 is 0. The highest BCUT2D eigenvalue weighted by Gasteiger charge is 2.79. The van der Waals surface area contributed by atoms with Gasteiger partial charge in [0.15, 0.2) is 0 Å². The van der Waals surface area contributed by atoms with Crippen molar-refractivity contribution in [2.75, 3.05) is 43.5 Å². The number of carbonyl (C=O) groups excluding carboxylic acids is 3. The molecule has 1 aromatic carbocycles. The number of amides is 3. The van der Waals surface area contributed by atoms with Gasteiger partial charge in [-0.25, -0.2) is 0 Å². The molecule has 2 bridgehead atoms. The molecular formula is C28H42N4O5. The van der Waals surface area contributed by atoms with Crippen LogP contribution in [0, 0.1) is 17.8 Å². The molecule has 3 unspecified atom stereocenters. The zero-order valence-electron chi connectivity index (χ0n) is 22.8. The molecular weight excluding hydrogens is 472 g/mol. The molecule has 3 aliphatic rings. The molecule has 9 nitrogen and oxygen atoms in total. The summed E-state index contributed by atoms with van der Waals surface area (Å²) in [6.07, 6.45) is 2.58. The molecule has 0 aromatic heterocycles. The predicted octanol–water partition coefficient (Wildman–Crippen LogP) is 2.39. The zero-order chi connectivity index (χ0) is 27.0. The van der Waals surface area contributed by atoms with Gasteiger partial charge in [0.2, 0.25) is 17.7 Å². The van der Waals surface area contributed by atoms with Gasteiger partial charge in [-0.1, -0.05) is 6.92 Å². The van der Waals surface area contributed by atoms with Crippen LogP contribution in [0.5, 0.6) is 0 Å². The average molecular weight is 515 g/mol. The van der Waals surface area contributed by atoms with Gasteiger partial charge in [-0.2, -0.15) is 0 Å². The molecule has 37 heavy (non-hydrogen) atoms. The van der Waals surface area contributed by atoms with Crippen LogP contribution in [-0.2, 0) is 19.1 Å². The highest BCUT2D eigenvalue weighted by Crippen LogP contribution is 2.65. The number of hydrogen-bond acceptors (Lipinski definition) is 6. The first-order chi connectivity index (χ1) is 17.7. The number of carbonyl (C=O) groups is 3. The van der Waals surface area contributed by atoms with Crippen LogP contribution in [0.1, 0.15) is 53.4 Å². The average Bonchev–Trinajstić information content (AvgIpc) is 3.39. The monoisotopic (exact) mass is 514 g/mol. The van der Waals surface area contributed by atoms with E-state index in [1.165, 1.54) is 0 Å². The smallest absolute Gasteiger partial charge is 0.250 e. The highest BCUT2D eigenvalue weighted by atomic mass is 16.5. The molecule has 4 rings (SSSR count). The number of aliphatic hydroxyl groups excluding tert-OH is 1. The summed E-state index contributed by atoms with van der Waals surface area (Å²) < 4.78 is 6.67. The Labute approximate surface area is 219 Å². The number of fused-ring (bicyclic) bond motifs is 1. The van der Waals surface area contributed by atoms with Crippen LogP contribution in [0.2, 0.25) is 0 Å². The van der Waals surface area contributed by atoms with Gasteiger partial charge in [-0.05, 0) is 76.6 Å². The van der Waals surface area contributed by atoms with E-state index in [9.17, 15) is 19.5 Å². The summed E-state index contributed by atoms with van der Waals surface area (Å²) in [7, 11) is 1.58. The third kappa shape index (κ3) is 4.40. The number of nitrogens with zero attached hydrogens (tertiary/aromatic N) is 2. The van der Waals surface area contributed by atoms with Gasteiger partial charge >= 0.3 is 0 Å². The van der Waals surface area contributed by atoms with Gasteiger partial charge in [0, 0.05) is 44.7 Å². The van der Waals surface area contributed by atoms with E-state index in [1.807, 2.05) is 38.1 Å². The molecule has 3 aliphatic heterocycles. The molecule has 3 N–H and O–H groups in total. The maximum atomic E-state index is 13.9. The van der Waals surface area contributed by atoms with E-state index < -0.39 is 29.1 Å². The van der Waals surface area contributed by atoms with Crippen LogP contribution in [0.15, 0.2) is 24.3 Å². The van der Waals surface area contributed by atoms with Crippen molar-refractivity contribution in [2.45, 2.75) is 70.6 Å². The van der Waals surface area contributed by atoms with Crippen LogP contribution in [-0.4, -0.2) is 78.3 Å². The molecule has 3 fully saturated rings. The highest BCUT2D eigenvalue weighted by molar-refractivity contribution is 6.03. The van der Waals surface area contributed by atoms with E-state index in [0.29, 0.717) is 31.5 Å². The number of likely N-dealkylation sites (tertiary alicyclic amines) is 1. The van der Waals surface area contributed by atoms with E-state index in [0.717, 1.165) is 25.2 Å². The molecule has 1 spiro atoms. The van der Waals surface area contributed by atoms with Crippen LogP contribution >= 0.6 is 0 Å². The number of unbranched alkanes of at least 4 members (excludes halogenated alkanes) is 2. The quantitative estimate of drug-likeness (QED) is 0.391. The van der Waals surface area contributed by atoms with Gasteiger partial charge in [-0.15, -0.1) is 0 Å². The van der Waals surface area contributed by atoms with Crippen molar-refractivity contribution < 1.29 is 24.2 Å². The first kappa shape index (κ1) is 27.4. The third-order valence-corrected chi connectivity index (χ3v) is 8.91. The Morgan fingerprint density at radius 3 is 2.41 bits per heavy atom. The van der Waals surface area contributed by atoms with Crippen molar-refractivity contribution in [2.24, 2.45) is 17.8 Å². The van der Waals surface area contributed by atoms with Gasteiger partial charge in [0.05, 0.1) is 17.4 Å². The van der Waals surface area contributed by atoms with Gasteiger partial charge in [0.1, 0.15) is 11.6 Å². The van der Waals surface area contributed by atoms with Crippen molar-refractivity contribution >= 4 is 29.1 Å². The molecule has 0 saturated carbocycles. The predicted molar refractivity (Wildman–Crippen MR) is 142 cm³/mol. The van der Waals surface area contributed by atoms with Crippen molar-refractivity contribution in [3.63, 3.8) is 0 Å². The van der Waals surface area contributed by atoms with E-state index in [1.54, 1.807) is 11.9 Å². The number of aliphatic hydroxyl groups is 1. The number of rotatable bonds is 11. The second kappa shape index (κ2) is 10.6. The van der Waals surface area contributed by atoms with Crippen molar-refractivity contribution in [1.29, 1.82) is 0 Å². The van der Waals surface area contributed by atoms with E-state index >= 15 is 0 Å². The summed E-state index contributed by atoms with van der Waals surface area (Å²) in [4.78, 5) is 44.8. The Bertz CT molecular complexity index is 1010. The lowest BCUT2D eigenvalue weighted by atomic mass is 9.62. The lowest BCUT2D eigenvalue weighted by Gasteiger charge is -2.36. The second-order valence-electron chi connectivity index (χ2n) is 10.8. The topological polar surface area (TPSA) is 111 Å². The van der Waals surface area contributed by atoms with Crippen LogP contribution in [0.4, 0.5) is 11.4 Å². The first-order valence-corrected chi connectivity index (χ1v) is 13.7. The van der Waals surface area contributed by atoms with Gasteiger partial charge < -0.3 is 30.3 Å². The fourth-order valence-corrected chi connectivity index (χ4v) is 6.96. The summed E-state index contributed by atoms with van der Waals surface area (Å²) in [6, 6.07) is 6.90. The Balaban J connectivity index is 1.65. The minimum atomic E-state index is -1.05. The van der Waals surface area contributed by atoms with E-state index in [-0.39, 0.29) is 30.2 Å². The molecule has 3 saturated heterocycles. The van der Waals surface area contributed by atoms with Gasteiger partial charge in [-0.3, -0.25) is 14.4 Å². The molecule has 1 aromatic rings. The first-order valence-electron chi connectivity index (χ1n) is 13.7. The maximum Gasteiger partial charge on any atom is 0.250 e. The molecule has 3 heterocycles. The molecule has 6 atom stereocenters. The van der Waals surface area contributed by atoms with Crippen molar-refractivity contribution in [1.82, 2.24) is 10.2 Å². The molecule has 3 amide bonds. The van der Waals surface area contributed by atoms with Gasteiger partial charge in [0.25, 0.3) is 0 Å². The molecule has 0 radical (unpaired) electrons. The summed E-state index contributed by atoms with van der Waals surface area (Å²) in [5.74, 6) is -2.04. The fraction of sp³-hybridized carbons (Fsp3) is 0.679. The lowest BCUT2D eigenvalue weighted by Crippen LogP contribution is -2.54. The van der Waals surface area contributed by atoms with Crippen molar-refractivity contribution in [3.8, 4) is 0 Å². The SMILES string of the molecule is CCN(CC)c1ccc(NC(=O)C2N(CCCCCO)C(=O)[C@@H]3[C@H](C(=O)NC)[C@@]4(C)OC23CC4C)cc1. The van der Waals surface area contributed by atoms with Crippen LogP contribution in [0.3, 0.4) is 0 Å². The number of hydrogen-bond donors (Lipinski definition) is 3. The standard InChI is InChI=1S/C28H42N4O5/c1-6-31(7-2)20-13-11-19(12-14-20)30-25(35)23-28-17-18(3)27(4,37-28)21(24(34)29-5)22(28)26(36)32(23)15-9-8-10-16-33/h11-14,18,21-23,33H,6-10,15-17H2,1-5H3,(H,29,34)(H,30,35)/t18?,21-,22+,23?,27+,28?/m1/s1. The van der Waals surface area contributed by atoms with E-state index in [2.05, 4.69) is 29.4 Å². The summed E-state index contributed by atoms with van der Waals surface area (Å²) in [6.45, 7) is 10.4. The Hall–Kier alpha value is -2.65. The normalized spacial score (nSPS) is 31.9. The molecule has 0 aliphatic carbocycles.